The summed E-state index contributed by atoms with van der Waals surface area (Å²) in [5, 5.41) is 3.14. The Kier molecular flexibility index (Phi) is 7.48. The van der Waals surface area contributed by atoms with Crippen molar-refractivity contribution in [3.63, 3.8) is 0 Å². The van der Waals surface area contributed by atoms with Gasteiger partial charge >= 0.3 is 0 Å². The molecule has 2 aromatic carbocycles. The van der Waals surface area contributed by atoms with E-state index in [2.05, 4.69) is 23.5 Å². The number of aryl methyl sites for hydroxylation is 2. The summed E-state index contributed by atoms with van der Waals surface area (Å²) in [6.45, 7) is 2.35. The van der Waals surface area contributed by atoms with Crippen LogP contribution in [-0.2, 0) is 27.7 Å². The molecule has 1 heterocycles. The van der Waals surface area contributed by atoms with Gasteiger partial charge in [0.25, 0.3) is 0 Å². The first-order chi connectivity index (χ1) is 16.4. The van der Waals surface area contributed by atoms with Crippen LogP contribution < -0.4 is 14.8 Å². The highest BCUT2D eigenvalue weighted by Crippen LogP contribution is 2.33. The summed E-state index contributed by atoms with van der Waals surface area (Å²) in [5.74, 6) is 0.543. The summed E-state index contributed by atoms with van der Waals surface area (Å²) in [5.41, 5.74) is 3.86. The average molecular weight is 487 g/mol. The van der Waals surface area contributed by atoms with Crippen molar-refractivity contribution < 1.29 is 22.7 Å². The molecule has 0 radical (unpaired) electrons. The van der Waals surface area contributed by atoms with Crippen LogP contribution in [0.4, 0.5) is 0 Å². The van der Waals surface area contributed by atoms with E-state index in [0.29, 0.717) is 30.9 Å². The predicted molar refractivity (Wildman–Crippen MR) is 131 cm³/mol. The topological polar surface area (TPSA) is 84.9 Å². The lowest BCUT2D eigenvalue weighted by molar-refractivity contribution is -0.125. The fourth-order valence-corrected chi connectivity index (χ4v) is 6.73. The van der Waals surface area contributed by atoms with Crippen LogP contribution in [0.25, 0.3) is 0 Å². The van der Waals surface area contributed by atoms with Gasteiger partial charge in [-0.15, -0.1) is 0 Å². The number of fused-ring (bicyclic) bond motifs is 1. The summed E-state index contributed by atoms with van der Waals surface area (Å²) < 4.78 is 38.7. The Morgan fingerprint density at radius 3 is 2.47 bits per heavy atom. The molecule has 0 bridgehead atoms. The predicted octanol–water partition coefficient (Wildman–Crippen LogP) is 4.00. The molecule has 0 aromatic heterocycles. The molecule has 1 aliphatic heterocycles. The standard InChI is InChI=1S/C26H34N2O5S/c1-4-22(20-12-11-18-8-5-6-9-19(18)16-20)27-26(29)23-10-7-15-28(23)34(30,31)21-13-14-24(32-2)25(17-21)33-3/h11-14,16-17,22-23H,4-10,15H2,1-3H3,(H,27,29). The van der Waals surface area contributed by atoms with E-state index in [9.17, 15) is 13.2 Å². The van der Waals surface area contributed by atoms with Gasteiger partial charge in [0.05, 0.1) is 25.2 Å². The van der Waals surface area contributed by atoms with Gasteiger partial charge < -0.3 is 14.8 Å². The maximum Gasteiger partial charge on any atom is 0.243 e. The molecule has 1 fully saturated rings. The maximum atomic E-state index is 13.5. The number of carbonyl (C=O) groups excluding carboxylic acids is 1. The second-order valence-corrected chi connectivity index (χ2v) is 10.9. The second-order valence-electron chi connectivity index (χ2n) is 9.00. The van der Waals surface area contributed by atoms with Crippen molar-refractivity contribution in [3.8, 4) is 11.5 Å². The first-order valence-electron chi connectivity index (χ1n) is 12.0. The van der Waals surface area contributed by atoms with E-state index >= 15 is 0 Å². The van der Waals surface area contributed by atoms with Crippen molar-refractivity contribution in [2.45, 2.75) is 68.8 Å². The first kappa shape index (κ1) is 24.5. The van der Waals surface area contributed by atoms with Crippen LogP contribution in [0.15, 0.2) is 41.3 Å². The van der Waals surface area contributed by atoms with E-state index < -0.39 is 16.1 Å². The molecule has 0 saturated carbocycles. The van der Waals surface area contributed by atoms with Crippen molar-refractivity contribution in [2.24, 2.45) is 0 Å². The third kappa shape index (κ3) is 4.79. The van der Waals surface area contributed by atoms with Gasteiger partial charge in [-0.25, -0.2) is 8.42 Å². The van der Waals surface area contributed by atoms with E-state index in [-0.39, 0.29) is 16.8 Å². The highest BCUT2D eigenvalue weighted by molar-refractivity contribution is 7.89. The van der Waals surface area contributed by atoms with Crippen LogP contribution in [-0.4, -0.2) is 45.4 Å². The van der Waals surface area contributed by atoms with Crippen molar-refractivity contribution in [3.05, 3.63) is 53.1 Å². The third-order valence-electron chi connectivity index (χ3n) is 6.97. The number of nitrogens with one attached hydrogen (secondary N) is 1. The van der Waals surface area contributed by atoms with Crippen LogP contribution in [0.5, 0.6) is 11.5 Å². The van der Waals surface area contributed by atoms with Crippen LogP contribution in [0.2, 0.25) is 0 Å². The lowest BCUT2D eigenvalue weighted by Gasteiger charge is -2.27. The molecular formula is C26H34N2O5S. The van der Waals surface area contributed by atoms with Crippen LogP contribution >= 0.6 is 0 Å². The number of rotatable bonds is 8. The fraction of sp³-hybridized carbons (Fsp3) is 0.500. The molecule has 1 saturated heterocycles. The number of nitrogens with zero attached hydrogens (tertiary/aromatic N) is 1. The number of amides is 1. The number of hydrogen-bond donors (Lipinski definition) is 1. The SMILES string of the molecule is CCC(NC(=O)C1CCCN1S(=O)(=O)c1ccc(OC)c(OC)c1)c1ccc2c(c1)CCCC2. The summed E-state index contributed by atoms with van der Waals surface area (Å²) in [4.78, 5) is 13.4. The molecule has 2 aromatic rings. The minimum Gasteiger partial charge on any atom is -0.493 e. The molecule has 2 aliphatic rings. The molecule has 34 heavy (non-hydrogen) atoms. The summed E-state index contributed by atoms with van der Waals surface area (Å²) in [6.07, 6.45) is 6.49. The van der Waals surface area contributed by atoms with Gasteiger partial charge in [-0.2, -0.15) is 4.31 Å². The van der Waals surface area contributed by atoms with Gasteiger partial charge in [0.2, 0.25) is 15.9 Å². The Bertz CT molecular complexity index is 1150. The Hall–Kier alpha value is -2.58. The van der Waals surface area contributed by atoms with Gasteiger partial charge in [0.1, 0.15) is 6.04 Å². The van der Waals surface area contributed by atoms with E-state index in [1.54, 1.807) is 6.07 Å². The fourth-order valence-electron chi connectivity index (χ4n) is 5.06. The van der Waals surface area contributed by atoms with E-state index in [1.165, 1.54) is 54.6 Å². The summed E-state index contributed by atoms with van der Waals surface area (Å²) in [6, 6.07) is 10.1. The molecule has 2 atom stereocenters. The normalized spacial score (nSPS) is 19.3. The molecule has 1 N–H and O–H groups in total. The van der Waals surface area contributed by atoms with E-state index in [4.69, 9.17) is 9.47 Å². The monoisotopic (exact) mass is 486 g/mol. The molecule has 8 heteroatoms. The molecule has 184 valence electrons. The molecule has 7 nitrogen and oxygen atoms in total. The Balaban J connectivity index is 1.53. The zero-order valence-electron chi connectivity index (χ0n) is 20.2. The molecule has 1 amide bonds. The third-order valence-corrected chi connectivity index (χ3v) is 8.87. The van der Waals surface area contributed by atoms with Crippen LogP contribution in [0.1, 0.15) is 61.8 Å². The number of benzene rings is 2. The largest absolute Gasteiger partial charge is 0.493 e. The second kappa shape index (κ2) is 10.4. The van der Waals surface area contributed by atoms with Crippen LogP contribution in [0, 0.1) is 0 Å². The highest BCUT2D eigenvalue weighted by atomic mass is 32.2. The zero-order valence-corrected chi connectivity index (χ0v) is 21.0. The number of hydrogen-bond acceptors (Lipinski definition) is 5. The summed E-state index contributed by atoms with van der Waals surface area (Å²) in [7, 11) is -0.909. The zero-order chi connectivity index (χ0) is 24.3. The number of methoxy groups -OCH3 is 2. The maximum absolute atomic E-state index is 13.5. The Morgan fingerprint density at radius 1 is 1.03 bits per heavy atom. The Morgan fingerprint density at radius 2 is 1.76 bits per heavy atom. The first-order valence-corrected chi connectivity index (χ1v) is 13.5. The average Bonchev–Trinajstić information content (AvgIpc) is 3.37. The minimum atomic E-state index is -3.87. The molecule has 1 aliphatic carbocycles. The van der Waals surface area contributed by atoms with Crippen molar-refractivity contribution in [1.29, 1.82) is 0 Å². The van der Waals surface area contributed by atoms with E-state index in [1.807, 2.05) is 6.92 Å². The molecule has 2 unspecified atom stereocenters. The van der Waals surface area contributed by atoms with Crippen LogP contribution in [0.3, 0.4) is 0 Å². The molecular weight excluding hydrogens is 452 g/mol. The van der Waals surface area contributed by atoms with Gasteiger partial charge in [-0.3, -0.25) is 4.79 Å². The molecule has 0 spiro atoms. The number of sulfonamides is 1. The molecule has 4 rings (SSSR count). The van der Waals surface area contributed by atoms with Crippen molar-refractivity contribution >= 4 is 15.9 Å². The number of carbonyl (C=O) groups is 1. The van der Waals surface area contributed by atoms with Gasteiger partial charge in [-0.05, 0) is 73.8 Å². The highest BCUT2D eigenvalue weighted by Gasteiger charge is 2.40. The van der Waals surface area contributed by atoms with Gasteiger partial charge in [0, 0.05) is 12.6 Å². The van der Waals surface area contributed by atoms with E-state index in [0.717, 1.165) is 24.8 Å². The Labute approximate surface area is 202 Å². The summed E-state index contributed by atoms with van der Waals surface area (Å²) >= 11 is 0. The van der Waals surface area contributed by atoms with Gasteiger partial charge in [-0.1, -0.05) is 25.1 Å². The minimum absolute atomic E-state index is 0.0894. The quantitative estimate of drug-likeness (QED) is 0.610. The smallest absolute Gasteiger partial charge is 0.243 e. The van der Waals surface area contributed by atoms with Crippen molar-refractivity contribution in [1.82, 2.24) is 9.62 Å². The number of ether oxygens (including phenoxy) is 2. The lowest BCUT2D eigenvalue weighted by atomic mass is 9.88. The lowest BCUT2D eigenvalue weighted by Crippen LogP contribution is -2.46. The van der Waals surface area contributed by atoms with Crippen molar-refractivity contribution in [2.75, 3.05) is 20.8 Å². The van der Waals surface area contributed by atoms with Gasteiger partial charge in [0.15, 0.2) is 11.5 Å².